The Labute approximate surface area is 103 Å². The van der Waals surface area contributed by atoms with Crippen molar-refractivity contribution < 1.29 is 9.53 Å². The Morgan fingerprint density at radius 1 is 1.29 bits per heavy atom. The van der Waals surface area contributed by atoms with Crippen LogP contribution in [-0.4, -0.2) is 13.0 Å². The largest absolute Gasteiger partial charge is 0.380 e. The van der Waals surface area contributed by atoms with Crippen molar-refractivity contribution >= 4 is 5.91 Å². The quantitative estimate of drug-likeness (QED) is 0.822. The van der Waals surface area contributed by atoms with E-state index < -0.39 is 0 Å². The molecule has 1 N–H and O–H groups in total. The number of nitrogens with one attached hydrogen (secondary N) is 1. The number of benzene rings is 1. The first-order valence-electron chi connectivity index (χ1n) is 6.01. The van der Waals surface area contributed by atoms with Gasteiger partial charge in [0.05, 0.1) is 6.61 Å². The van der Waals surface area contributed by atoms with Crippen molar-refractivity contribution in [3.63, 3.8) is 0 Å². The fraction of sp³-hybridized carbons (Fsp3) is 0.500. The molecule has 0 saturated carbocycles. The fourth-order valence-corrected chi connectivity index (χ4v) is 1.47. The molecule has 1 atom stereocenters. The van der Waals surface area contributed by atoms with E-state index in [9.17, 15) is 4.79 Å². The van der Waals surface area contributed by atoms with E-state index in [1.165, 1.54) is 0 Å². The molecule has 0 spiro atoms. The Morgan fingerprint density at radius 2 is 1.88 bits per heavy atom. The van der Waals surface area contributed by atoms with E-state index in [1.807, 2.05) is 38.1 Å². The molecule has 94 valence electrons. The van der Waals surface area contributed by atoms with E-state index >= 15 is 0 Å². The second-order valence-electron chi connectivity index (χ2n) is 4.28. The summed E-state index contributed by atoms with van der Waals surface area (Å²) in [4.78, 5) is 11.6. The second kappa shape index (κ2) is 7.07. The number of methoxy groups -OCH3 is 1. The van der Waals surface area contributed by atoms with Crippen LogP contribution in [0.2, 0.25) is 0 Å². The van der Waals surface area contributed by atoms with Gasteiger partial charge in [-0.1, -0.05) is 38.1 Å². The molecule has 0 fully saturated rings. The number of hydrogen-bond acceptors (Lipinski definition) is 2. The topological polar surface area (TPSA) is 38.3 Å². The first-order chi connectivity index (χ1) is 8.17. The van der Waals surface area contributed by atoms with E-state index in [1.54, 1.807) is 7.11 Å². The molecule has 0 aliphatic rings. The Hall–Kier alpha value is -1.35. The van der Waals surface area contributed by atoms with E-state index in [-0.39, 0.29) is 11.8 Å². The van der Waals surface area contributed by atoms with Crippen molar-refractivity contribution in [3.05, 3.63) is 35.4 Å². The molecule has 0 bridgehead atoms. The Balaban J connectivity index is 2.44. The Kier molecular flexibility index (Phi) is 5.70. The van der Waals surface area contributed by atoms with Crippen molar-refractivity contribution in [3.8, 4) is 0 Å². The molecule has 0 heterocycles. The van der Waals surface area contributed by atoms with Crippen LogP contribution in [0.5, 0.6) is 0 Å². The molecular weight excluding hydrogens is 214 g/mol. The third-order valence-corrected chi connectivity index (χ3v) is 2.86. The Bertz CT molecular complexity index is 346. The predicted octanol–water partition coefficient (Wildman–Crippen LogP) is 2.50. The van der Waals surface area contributed by atoms with Gasteiger partial charge >= 0.3 is 0 Å². The van der Waals surface area contributed by atoms with Crippen LogP contribution in [0.25, 0.3) is 0 Å². The Morgan fingerprint density at radius 3 is 2.41 bits per heavy atom. The zero-order chi connectivity index (χ0) is 12.7. The minimum atomic E-state index is 0.0859. The van der Waals surface area contributed by atoms with Crippen LogP contribution in [0.4, 0.5) is 0 Å². The van der Waals surface area contributed by atoms with Gasteiger partial charge in [0, 0.05) is 19.6 Å². The maximum Gasteiger partial charge on any atom is 0.223 e. The van der Waals surface area contributed by atoms with Gasteiger partial charge in [-0.2, -0.15) is 0 Å². The summed E-state index contributed by atoms with van der Waals surface area (Å²) in [6, 6.07) is 8.08. The SMILES string of the molecule is CC[C@@H](C)C(=O)NCc1ccc(COC)cc1. The van der Waals surface area contributed by atoms with Gasteiger partial charge in [0.1, 0.15) is 0 Å². The average Bonchev–Trinajstić information content (AvgIpc) is 2.37. The van der Waals surface area contributed by atoms with Gasteiger partial charge in [0.2, 0.25) is 5.91 Å². The fourth-order valence-electron chi connectivity index (χ4n) is 1.47. The zero-order valence-corrected chi connectivity index (χ0v) is 10.8. The molecule has 1 rings (SSSR count). The zero-order valence-electron chi connectivity index (χ0n) is 10.8. The summed E-state index contributed by atoms with van der Waals surface area (Å²) >= 11 is 0. The van der Waals surface area contributed by atoms with Crippen LogP contribution < -0.4 is 5.32 Å². The minimum Gasteiger partial charge on any atom is -0.380 e. The second-order valence-corrected chi connectivity index (χ2v) is 4.28. The van der Waals surface area contributed by atoms with Crippen LogP contribution in [0.3, 0.4) is 0 Å². The molecule has 0 radical (unpaired) electrons. The molecule has 0 unspecified atom stereocenters. The highest BCUT2D eigenvalue weighted by Crippen LogP contribution is 2.06. The molecule has 0 aromatic heterocycles. The van der Waals surface area contributed by atoms with Crippen molar-refractivity contribution in [1.29, 1.82) is 0 Å². The van der Waals surface area contributed by atoms with Crippen molar-refractivity contribution in [2.75, 3.05) is 7.11 Å². The molecule has 1 aromatic carbocycles. The lowest BCUT2D eigenvalue weighted by molar-refractivity contribution is -0.124. The van der Waals surface area contributed by atoms with E-state index in [2.05, 4.69) is 5.32 Å². The van der Waals surface area contributed by atoms with Crippen molar-refractivity contribution in [1.82, 2.24) is 5.32 Å². The molecular formula is C14H21NO2. The third kappa shape index (κ3) is 4.57. The van der Waals surface area contributed by atoms with Crippen LogP contribution in [-0.2, 0) is 22.7 Å². The molecule has 3 nitrogen and oxygen atoms in total. The minimum absolute atomic E-state index is 0.0859. The van der Waals surface area contributed by atoms with Gasteiger partial charge in [0.15, 0.2) is 0 Å². The van der Waals surface area contributed by atoms with E-state index in [4.69, 9.17) is 4.74 Å². The molecule has 0 aliphatic heterocycles. The highest BCUT2D eigenvalue weighted by Gasteiger charge is 2.09. The predicted molar refractivity (Wildman–Crippen MR) is 68.5 cm³/mol. The molecule has 17 heavy (non-hydrogen) atoms. The summed E-state index contributed by atoms with van der Waals surface area (Å²) < 4.78 is 5.04. The summed E-state index contributed by atoms with van der Waals surface area (Å²) in [5.41, 5.74) is 2.26. The standard InChI is InChI=1S/C14H21NO2/c1-4-11(2)14(16)15-9-12-5-7-13(8-6-12)10-17-3/h5-8,11H,4,9-10H2,1-3H3,(H,15,16)/t11-/m1/s1. The van der Waals surface area contributed by atoms with Gasteiger partial charge in [0.25, 0.3) is 0 Å². The number of ether oxygens (including phenoxy) is 1. The van der Waals surface area contributed by atoms with Crippen molar-refractivity contribution in [2.45, 2.75) is 33.4 Å². The number of rotatable bonds is 6. The first-order valence-corrected chi connectivity index (χ1v) is 6.01. The van der Waals surface area contributed by atoms with Gasteiger partial charge in [-0.05, 0) is 17.5 Å². The molecule has 3 heteroatoms. The van der Waals surface area contributed by atoms with Gasteiger partial charge in [-0.3, -0.25) is 4.79 Å². The number of carbonyl (C=O) groups excluding carboxylic acids is 1. The molecule has 1 aromatic rings. The first kappa shape index (κ1) is 13.7. The summed E-state index contributed by atoms with van der Waals surface area (Å²) in [6.45, 7) is 5.18. The van der Waals surface area contributed by atoms with Crippen LogP contribution in [0, 0.1) is 5.92 Å². The van der Waals surface area contributed by atoms with Crippen LogP contribution in [0.15, 0.2) is 24.3 Å². The monoisotopic (exact) mass is 235 g/mol. The summed E-state index contributed by atoms with van der Waals surface area (Å²) in [7, 11) is 1.68. The average molecular weight is 235 g/mol. The lowest BCUT2D eigenvalue weighted by Gasteiger charge is -2.10. The van der Waals surface area contributed by atoms with Gasteiger partial charge < -0.3 is 10.1 Å². The number of carbonyl (C=O) groups is 1. The lowest BCUT2D eigenvalue weighted by Crippen LogP contribution is -2.28. The number of amides is 1. The van der Waals surface area contributed by atoms with Crippen molar-refractivity contribution in [2.24, 2.45) is 5.92 Å². The maximum atomic E-state index is 11.6. The summed E-state index contributed by atoms with van der Waals surface area (Å²) in [6.07, 6.45) is 0.874. The third-order valence-electron chi connectivity index (χ3n) is 2.86. The summed E-state index contributed by atoms with van der Waals surface area (Å²) in [5, 5.41) is 2.93. The van der Waals surface area contributed by atoms with Crippen LogP contribution >= 0.6 is 0 Å². The molecule has 1 amide bonds. The van der Waals surface area contributed by atoms with E-state index in [0.717, 1.165) is 17.5 Å². The lowest BCUT2D eigenvalue weighted by atomic mass is 10.1. The summed E-state index contributed by atoms with van der Waals surface area (Å²) in [5.74, 6) is 0.205. The van der Waals surface area contributed by atoms with Gasteiger partial charge in [-0.15, -0.1) is 0 Å². The highest BCUT2D eigenvalue weighted by molar-refractivity contribution is 5.78. The molecule has 0 aliphatic carbocycles. The van der Waals surface area contributed by atoms with Crippen LogP contribution in [0.1, 0.15) is 31.4 Å². The smallest absolute Gasteiger partial charge is 0.223 e. The van der Waals surface area contributed by atoms with Gasteiger partial charge in [-0.25, -0.2) is 0 Å². The normalized spacial score (nSPS) is 12.2. The maximum absolute atomic E-state index is 11.6. The number of hydrogen-bond donors (Lipinski definition) is 1. The highest BCUT2D eigenvalue weighted by atomic mass is 16.5. The van der Waals surface area contributed by atoms with E-state index in [0.29, 0.717) is 13.2 Å². The molecule has 0 saturated heterocycles.